The van der Waals surface area contributed by atoms with Gasteiger partial charge >= 0.3 is 5.97 Å². The number of carbonyl (C=O) groups excluding carboxylic acids is 3. The number of hydrogen-bond acceptors (Lipinski definition) is 28. The van der Waals surface area contributed by atoms with E-state index in [-0.39, 0.29) is 30.1 Å². The number of amides is 1. The van der Waals surface area contributed by atoms with Gasteiger partial charge in [0.15, 0.2) is 37.4 Å². The number of nitrogens with one attached hydrogen (secondary N) is 1. The normalized spacial score (nSPS) is 46.5. The molecule has 15 N–H and O–H groups in total. The number of allylic oxidation sites excluding steroid dienone is 2. The van der Waals surface area contributed by atoms with E-state index in [4.69, 9.17) is 52.1 Å². The molecular formula is C79H117NO28. The highest BCUT2D eigenvalue weighted by molar-refractivity contribution is 5.82. The summed E-state index contributed by atoms with van der Waals surface area (Å²) in [6.45, 7) is 14.5. The number of esters is 1. The SMILES string of the molecule is CC1O[C@@H](OC(=O)[C@]23CCC(C)(C)CC2C2=CCC4C5(C)CC[C@H](O[C@@H]6OC(C(=O)NCCCCCCCCc7ccc(Oc8ccccc8)cc7)[C@@H](O)[C@H](O)C6O)[C@](C)(C=O)[C@@H]5CCC4(C)[C@]2(C)CC3O)C(O[C@@H]2OC(C)[C@H](O[C@@H]3OC[C@@H](O)[C@H](O)C3O)[C@H](O[C@@H]3OC(CO)[C@@H](O)[C@H](O)C3O)C2O)[C@@H](O)[C@H]1O. The lowest BCUT2D eigenvalue weighted by Gasteiger charge is -2.71. The van der Waals surface area contributed by atoms with Gasteiger partial charge in [-0.05, 0) is 160 Å². The Morgan fingerprint density at radius 1 is 0.565 bits per heavy atom. The molecule has 12 rings (SSSR count). The van der Waals surface area contributed by atoms with Gasteiger partial charge in [-0.25, -0.2) is 0 Å². The predicted molar refractivity (Wildman–Crippen MR) is 379 cm³/mol. The zero-order valence-electron chi connectivity index (χ0n) is 63.0. The Labute approximate surface area is 630 Å². The molecule has 108 heavy (non-hydrogen) atoms. The van der Waals surface area contributed by atoms with Gasteiger partial charge in [0.2, 0.25) is 6.29 Å². The van der Waals surface area contributed by atoms with Gasteiger partial charge in [0.25, 0.3) is 5.91 Å². The summed E-state index contributed by atoms with van der Waals surface area (Å²) in [5, 5.41) is 160. The fourth-order valence-corrected chi connectivity index (χ4v) is 20.4. The number of benzene rings is 2. The van der Waals surface area contributed by atoms with E-state index in [1.807, 2.05) is 49.4 Å². The Hall–Kier alpha value is -4.33. The van der Waals surface area contributed by atoms with E-state index in [1.54, 1.807) is 0 Å². The number of ether oxygens (including phenoxy) is 11. The van der Waals surface area contributed by atoms with Crippen molar-refractivity contribution in [2.45, 2.75) is 318 Å². The molecular weight excluding hydrogens is 1410 g/mol. The molecule has 9 fully saturated rings. The number of aliphatic hydroxyl groups is 14. The zero-order chi connectivity index (χ0) is 77.9. The van der Waals surface area contributed by atoms with E-state index in [0.717, 1.165) is 61.9 Å². The van der Waals surface area contributed by atoms with Gasteiger partial charge in [-0.15, -0.1) is 0 Å². The molecule has 10 aliphatic rings. The standard InChI is InChI=1S/C79H117NO28/c1-39-52(85)57(90)66(107-71-62(95)64(105-69-60(93)55(88)54(87)47(36-81)102-69)63(40(2)100-71)104-68-59(92)53(86)46(83)37-98-68)72(99-39)108-73(97)79-32-31-74(3,4)34-45(79)44-25-26-49-75(5)29-28-51(76(6,38-82)48(75)27-30-77(49,7)78(44,8)35-50(79)84)103-70-61(94)56(89)58(91)65(106-70)67(96)80-33-17-12-10-9-11-14-18-41-21-23-43(24-22-41)101-42-19-15-13-16-20-42/h13,15-16,19-25,38-40,45-66,68-72,81,83-95H,9-12,14,17-18,26-37H2,1-8H3,(H,80,96)/t39?,40?,45?,46-,47?,48-,49?,50?,51+,52+,53+,54-,55+,56+,57+,58+,59?,60?,61?,62?,63+,64-,65?,66?,68+,69+,70-,71+,72+,75?,76-,77?,78-,79-/m1/s1. The summed E-state index contributed by atoms with van der Waals surface area (Å²) in [7, 11) is 0. The Morgan fingerprint density at radius 2 is 1.19 bits per heavy atom. The average Bonchev–Trinajstić information content (AvgIpc) is 0.670. The molecule has 0 spiro atoms. The molecule has 606 valence electrons. The van der Waals surface area contributed by atoms with Crippen molar-refractivity contribution < 1.29 is 138 Å². The number of carbonyl (C=O) groups is 3. The lowest BCUT2D eigenvalue weighted by Crippen LogP contribution is -2.69. The number of hydrogen-bond donors (Lipinski definition) is 15. The summed E-state index contributed by atoms with van der Waals surface area (Å²) in [4.78, 5) is 43.5. The molecule has 0 aromatic heterocycles. The van der Waals surface area contributed by atoms with E-state index >= 15 is 4.79 Å². The molecule has 5 aliphatic carbocycles. The Bertz CT molecular complexity index is 3390. The van der Waals surface area contributed by atoms with Crippen molar-refractivity contribution in [3.63, 3.8) is 0 Å². The van der Waals surface area contributed by atoms with Crippen molar-refractivity contribution >= 4 is 18.2 Å². The van der Waals surface area contributed by atoms with Gasteiger partial charge < -0.3 is 134 Å². The number of fused-ring (bicyclic) bond motifs is 7. The highest BCUT2D eigenvalue weighted by Gasteiger charge is 2.73. The summed E-state index contributed by atoms with van der Waals surface area (Å²) >= 11 is 0. The summed E-state index contributed by atoms with van der Waals surface area (Å²) in [5.74, 6) is -0.958. The van der Waals surface area contributed by atoms with Crippen molar-refractivity contribution in [3.05, 3.63) is 71.8 Å². The van der Waals surface area contributed by atoms with E-state index in [2.05, 4.69) is 58.1 Å². The highest BCUT2D eigenvalue weighted by atomic mass is 16.8. The molecule has 0 radical (unpaired) electrons. The van der Waals surface area contributed by atoms with Crippen LogP contribution >= 0.6 is 0 Å². The van der Waals surface area contributed by atoms with Crippen molar-refractivity contribution in [3.8, 4) is 11.5 Å². The zero-order valence-corrected chi connectivity index (χ0v) is 63.0. The van der Waals surface area contributed by atoms with Crippen LogP contribution in [0.4, 0.5) is 0 Å². The van der Waals surface area contributed by atoms with Crippen molar-refractivity contribution in [1.82, 2.24) is 5.32 Å². The summed E-state index contributed by atoms with van der Waals surface area (Å²) in [6, 6.07) is 17.8. The van der Waals surface area contributed by atoms with E-state index in [1.165, 1.54) is 19.4 Å². The second kappa shape index (κ2) is 33.2. The molecule has 5 aliphatic heterocycles. The van der Waals surface area contributed by atoms with Crippen LogP contribution in [-0.2, 0) is 68.2 Å². The smallest absolute Gasteiger partial charge is 0.317 e. The average molecular weight is 1530 g/mol. The molecule has 14 unspecified atom stereocenters. The topological polar surface area (TPSA) is 448 Å². The summed E-state index contributed by atoms with van der Waals surface area (Å²) < 4.78 is 67.2. The minimum atomic E-state index is -2.09. The number of para-hydroxylation sites is 1. The van der Waals surface area contributed by atoms with Gasteiger partial charge in [-0.3, -0.25) is 9.59 Å². The molecule has 1 amide bonds. The number of rotatable bonds is 24. The van der Waals surface area contributed by atoms with Crippen molar-refractivity contribution in [1.29, 1.82) is 0 Å². The Kier molecular flexibility index (Phi) is 25.6. The maximum atomic E-state index is 15.8. The monoisotopic (exact) mass is 1530 g/mol. The molecule has 5 heterocycles. The quantitative estimate of drug-likeness (QED) is 0.0235. The minimum absolute atomic E-state index is 0.0839. The van der Waals surface area contributed by atoms with Crippen LogP contribution in [0.3, 0.4) is 0 Å². The van der Waals surface area contributed by atoms with Crippen LogP contribution in [0.2, 0.25) is 0 Å². The molecule has 34 atom stereocenters. The Balaban J connectivity index is 0.706. The van der Waals surface area contributed by atoms with Gasteiger partial charge in [-0.1, -0.05) is 109 Å². The maximum absolute atomic E-state index is 15.8. The van der Waals surface area contributed by atoms with Crippen molar-refractivity contribution in [2.24, 2.45) is 50.2 Å². The molecule has 2 aromatic carbocycles. The van der Waals surface area contributed by atoms with Crippen LogP contribution in [0.1, 0.15) is 157 Å². The second-order valence-electron chi connectivity index (χ2n) is 34.3. The Morgan fingerprint density at radius 3 is 1.88 bits per heavy atom. The molecule has 29 nitrogen and oxygen atoms in total. The van der Waals surface area contributed by atoms with E-state index in [0.29, 0.717) is 57.9 Å². The first-order chi connectivity index (χ1) is 51.2. The highest BCUT2D eigenvalue weighted by Crippen LogP contribution is 2.76. The van der Waals surface area contributed by atoms with Gasteiger partial charge in [0.1, 0.15) is 115 Å². The number of aldehydes is 1. The molecule has 2 aromatic rings. The number of aryl methyl sites for hydroxylation is 1. The van der Waals surface area contributed by atoms with Gasteiger partial charge in [0.05, 0.1) is 43.0 Å². The second-order valence-corrected chi connectivity index (χ2v) is 34.3. The van der Waals surface area contributed by atoms with Crippen molar-refractivity contribution in [2.75, 3.05) is 19.8 Å². The van der Waals surface area contributed by atoms with Gasteiger partial charge in [0, 0.05) is 6.54 Å². The molecule has 0 bridgehead atoms. The third kappa shape index (κ3) is 15.6. The summed E-state index contributed by atoms with van der Waals surface area (Å²) in [6.07, 6.45) is -30.4. The fraction of sp³-hybridized carbons (Fsp3) is 0.785. The third-order valence-corrected chi connectivity index (χ3v) is 27.1. The summed E-state index contributed by atoms with van der Waals surface area (Å²) in [5.41, 5.74) is -2.75. The molecule has 4 saturated carbocycles. The van der Waals surface area contributed by atoms with Crippen LogP contribution in [-0.4, -0.2) is 269 Å². The number of aliphatic hydroxyl groups excluding tert-OH is 14. The molecule has 5 saturated heterocycles. The van der Waals surface area contributed by atoms with Crippen LogP contribution < -0.4 is 10.1 Å². The van der Waals surface area contributed by atoms with Crippen LogP contribution in [0.15, 0.2) is 66.2 Å². The van der Waals surface area contributed by atoms with Crippen LogP contribution in [0.25, 0.3) is 0 Å². The largest absolute Gasteiger partial charge is 0.457 e. The predicted octanol–water partition coefficient (Wildman–Crippen LogP) is 2.13. The lowest BCUT2D eigenvalue weighted by molar-refractivity contribution is -0.394. The number of unbranched alkanes of at least 4 members (excludes halogenated alkanes) is 5. The van der Waals surface area contributed by atoms with Crippen LogP contribution in [0, 0.1) is 50.2 Å². The maximum Gasteiger partial charge on any atom is 0.317 e. The minimum Gasteiger partial charge on any atom is -0.457 e. The van der Waals surface area contributed by atoms with E-state index < -0.39 is 218 Å². The molecule has 29 heteroatoms. The first-order valence-corrected chi connectivity index (χ1v) is 39.0. The fourth-order valence-electron chi connectivity index (χ4n) is 20.4. The third-order valence-electron chi connectivity index (χ3n) is 27.1. The lowest BCUT2D eigenvalue weighted by atomic mass is 9.33. The van der Waals surface area contributed by atoms with Gasteiger partial charge in [-0.2, -0.15) is 0 Å². The first-order valence-electron chi connectivity index (χ1n) is 39.0. The van der Waals surface area contributed by atoms with Crippen LogP contribution in [0.5, 0.6) is 11.5 Å². The van der Waals surface area contributed by atoms with E-state index in [9.17, 15) is 81.1 Å². The first kappa shape index (κ1) is 83.1.